The van der Waals surface area contributed by atoms with Crippen LogP contribution in [0.5, 0.6) is 11.5 Å². The van der Waals surface area contributed by atoms with Crippen LogP contribution in [0, 0.1) is 5.92 Å². The Morgan fingerprint density at radius 1 is 1.00 bits per heavy atom. The van der Waals surface area contributed by atoms with Crippen molar-refractivity contribution in [3.63, 3.8) is 0 Å². The molecule has 7 heteroatoms. The Morgan fingerprint density at radius 3 is 2.35 bits per heavy atom. The highest BCUT2D eigenvalue weighted by molar-refractivity contribution is 7.98. The summed E-state index contributed by atoms with van der Waals surface area (Å²) in [7, 11) is 0. The molecule has 0 spiro atoms. The van der Waals surface area contributed by atoms with Crippen LogP contribution in [0.25, 0.3) is 0 Å². The third-order valence-electron chi connectivity index (χ3n) is 6.88. The van der Waals surface area contributed by atoms with Crippen LogP contribution >= 0.6 is 23.4 Å². The summed E-state index contributed by atoms with van der Waals surface area (Å²) >= 11 is 7.68. The Hall–Kier alpha value is -2.96. The average Bonchev–Trinajstić information content (AvgIpc) is 3.29. The number of amides is 1. The van der Waals surface area contributed by atoms with Crippen molar-refractivity contribution >= 4 is 35.2 Å². The Bertz CT molecular complexity index is 1240. The predicted octanol–water partition coefficient (Wildman–Crippen LogP) is 7.27. The molecule has 0 aromatic heterocycles. The van der Waals surface area contributed by atoms with Gasteiger partial charge in [0.1, 0.15) is 11.5 Å². The first-order chi connectivity index (χ1) is 17.6. The van der Waals surface area contributed by atoms with E-state index in [0.29, 0.717) is 29.6 Å². The van der Waals surface area contributed by atoms with Crippen LogP contribution in [-0.4, -0.2) is 41.7 Å². The zero-order valence-corrected chi connectivity index (χ0v) is 23.1. The first kappa shape index (κ1) is 27.1. The van der Waals surface area contributed by atoms with Gasteiger partial charge >= 0.3 is 6.09 Å². The van der Waals surface area contributed by atoms with E-state index in [4.69, 9.17) is 21.1 Å². The summed E-state index contributed by atoms with van der Waals surface area (Å²) in [6.45, 7) is 6.18. The van der Waals surface area contributed by atoms with Crippen LogP contribution in [0.4, 0.5) is 4.79 Å². The number of carbonyl (C=O) groups is 2. The van der Waals surface area contributed by atoms with Crippen molar-refractivity contribution in [3.8, 4) is 11.5 Å². The Kier molecular flexibility index (Phi) is 8.50. The predicted molar refractivity (Wildman–Crippen MR) is 149 cm³/mol. The number of halogens is 1. The van der Waals surface area contributed by atoms with Gasteiger partial charge in [0.25, 0.3) is 0 Å². The molecule has 1 amide bonds. The van der Waals surface area contributed by atoms with E-state index in [1.807, 2.05) is 18.2 Å². The molecule has 1 aliphatic rings. The third kappa shape index (κ3) is 6.88. The second kappa shape index (κ2) is 11.6. The van der Waals surface area contributed by atoms with Gasteiger partial charge < -0.3 is 14.4 Å². The molecule has 37 heavy (non-hydrogen) atoms. The molecule has 0 aliphatic carbocycles. The minimum Gasteiger partial charge on any atom is -0.480 e. The smallest absolute Gasteiger partial charge is 0.415 e. The van der Waals surface area contributed by atoms with Crippen molar-refractivity contribution in [1.82, 2.24) is 4.90 Å². The summed E-state index contributed by atoms with van der Waals surface area (Å²) in [6, 6.07) is 23.2. The van der Waals surface area contributed by atoms with Gasteiger partial charge in [0.15, 0.2) is 11.4 Å². The number of benzene rings is 3. The molecular weight excluding hydrogens is 506 g/mol. The standard InChI is InChI=1S/C30H32ClNO4S/c1-20(33)30(2,3)36-26-7-5-6-22(17-26)28-19-32(29(34)35-25-12-10-24(31)11-13-25)18-23(28)16-21-8-14-27(37-4)15-9-21/h5-15,17,23,28H,16,18-19H2,1-4H3/t23-,28+/m1/s1. The monoisotopic (exact) mass is 537 g/mol. The Labute approximate surface area is 228 Å². The lowest BCUT2D eigenvalue weighted by Crippen LogP contribution is -2.36. The number of ether oxygens (including phenoxy) is 2. The first-order valence-electron chi connectivity index (χ1n) is 12.3. The molecule has 1 heterocycles. The zero-order valence-electron chi connectivity index (χ0n) is 21.6. The molecule has 194 valence electrons. The maximum atomic E-state index is 13.1. The van der Waals surface area contributed by atoms with Gasteiger partial charge in [-0.25, -0.2) is 4.79 Å². The number of likely N-dealkylation sites (tertiary alicyclic amines) is 1. The molecule has 0 bridgehead atoms. The zero-order chi connectivity index (χ0) is 26.6. The van der Waals surface area contributed by atoms with Gasteiger partial charge in [-0.3, -0.25) is 4.79 Å². The molecular formula is C30H32ClNO4S. The van der Waals surface area contributed by atoms with Crippen LogP contribution in [0.15, 0.2) is 77.7 Å². The minimum atomic E-state index is -0.916. The summed E-state index contributed by atoms with van der Waals surface area (Å²) in [5.41, 5.74) is 1.39. The number of hydrogen-bond acceptors (Lipinski definition) is 5. The van der Waals surface area contributed by atoms with Crippen LogP contribution in [0.1, 0.15) is 37.8 Å². The van der Waals surface area contributed by atoms with Crippen molar-refractivity contribution in [3.05, 3.63) is 88.9 Å². The van der Waals surface area contributed by atoms with E-state index in [-0.39, 0.29) is 23.7 Å². The molecule has 3 aromatic rings. The molecule has 0 radical (unpaired) electrons. The quantitative estimate of drug-likeness (QED) is 0.283. The van der Waals surface area contributed by atoms with Crippen LogP contribution < -0.4 is 9.47 Å². The fourth-order valence-corrected chi connectivity index (χ4v) is 5.05. The number of thioether (sulfide) groups is 1. The molecule has 0 unspecified atom stereocenters. The lowest BCUT2D eigenvalue weighted by molar-refractivity contribution is -0.129. The van der Waals surface area contributed by atoms with Gasteiger partial charge in [-0.05, 0) is 99.0 Å². The van der Waals surface area contributed by atoms with Gasteiger partial charge in [-0.15, -0.1) is 11.8 Å². The van der Waals surface area contributed by atoms with Crippen LogP contribution in [0.2, 0.25) is 5.02 Å². The van der Waals surface area contributed by atoms with E-state index in [2.05, 4.69) is 36.6 Å². The summed E-state index contributed by atoms with van der Waals surface area (Å²) in [4.78, 5) is 28.1. The van der Waals surface area contributed by atoms with Crippen molar-refractivity contribution < 1.29 is 19.1 Å². The molecule has 1 aliphatic heterocycles. The van der Waals surface area contributed by atoms with E-state index in [0.717, 1.165) is 12.0 Å². The summed E-state index contributed by atoms with van der Waals surface area (Å²) in [5.74, 6) is 1.34. The largest absolute Gasteiger partial charge is 0.480 e. The van der Waals surface area contributed by atoms with Gasteiger partial charge in [0.05, 0.1) is 0 Å². The van der Waals surface area contributed by atoms with Gasteiger partial charge in [0, 0.05) is 28.9 Å². The van der Waals surface area contributed by atoms with E-state index in [9.17, 15) is 9.59 Å². The first-order valence-corrected chi connectivity index (χ1v) is 13.9. The van der Waals surface area contributed by atoms with E-state index in [1.165, 1.54) is 17.4 Å². The lowest BCUT2D eigenvalue weighted by atomic mass is 9.85. The third-order valence-corrected chi connectivity index (χ3v) is 7.88. The van der Waals surface area contributed by atoms with Crippen molar-refractivity contribution in [2.24, 2.45) is 5.92 Å². The SMILES string of the molecule is CSc1ccc(C[C@@H]2CN(C(=O)Oc3ccc(Cl)cc3)C[C@H]2c2cccc(OC(C)(C)C(C)=O)c2)cc1. The summed E-state index contributed by atoms with van der Waals surface area (Å²) < 4.78 is 11.7. The Morgan fingerprint density at radius 2 is 1.70 bits per heavy atom. The highest BCUT2D eigenvalue weighted by Crippen LogP contribution is 2.37. The number of hydrogen-bond donors (Lipinski definition) is 0. The fourth-order valence-electron chi connectivity index (χ4n) is 4.51. The molecule has 1 saturated heterocycles. The highest BCUT2D eigenvalue weighted by Gasteiger charge is 2.37. The molecule has 3 aromatic carbocycles. The molecule has 0 saturated carbocycles. The number of ketones is 1. The normalized spacial score (nSPS) is 17.5. The minimum absolute atomic E-state index is 0.0403. The fraction of sp³-hybridized carbons (Fsp3) is 0.333. The lowest BCUT2D eigenvalue weighted by Gasteiger charge is -2.25. The van der Waals surface area contributed by atoms with Crippen LogP contribution in [-0.2, 0) is 11.2 Å². The van der Waals surface area contributed by atoms with E-state index >= 15 is 0 Å². The van der Waals surface area contributed by atoms with Gasteiger partial charge in [0.2, 0.25) is 0 Å². The number of nitrogens with zero attached hydrogens (tertiary/aromatic N) is 1. The van der Waals surface area contributed by atoms with Gasteiger partial charge in [-0.1, -0.05) is 35.9 Å². The van der Waals surface area contributed by atoms with Crippen molar-refractivity contribution in [2.45, 2.75) is 43.6 Å². The molecule has 2 atom stereocenters. The topological polar surface area (TPSA) is 55.8 Å². The second-order valence-corrected chi connectivity index (χ2v) is 11.2. The van der Waals surface area contributed by atoms with E-state index < -0.39 is 5.60 Å². The van der Waals surface area contributed by atoms with Gasteiger partial charge in [-0.2, -0.15) is 0 Å². The average molecular weight is 538 g/mol. The maximum absolute atomic E-state index is 13.1. The second-order valence-electron chi connectivity index (χ2n) is 9.89. The number of rotatable bonds is 8. The van der Waals surface area contributed by atoms with Crippen molar-refractivity contribution in [2.75, 3.05) is 19.3 Å². The molecule has 0 N–H and O–H groups in total. The molecule has 4 rings (SSSR count). The van der Waals surface area contributed by atoms with Crippen molar-refractivity contribution in [1.29, 1.82) is 0 Å². The molecule has 1 fully saturated rings. The number of Topliss-reactive ketones (excluding diaryl/α,β-unsaturated/α-hetero) is 1. The summed E-state index contributed by atoms with van der Waals surface area (Å²) in [5, 5.41) is 0.587. The van der Waals surface area contributed by atoms with Crippen LogP contribution in [0.3, 0.4) is 0 Å². The highest BCUT2D eigenvalue weighted by atomic mass is 35.5. The maximum Gasteiger partial charge on any atom is 0.415 e. The van der Waals surface area contributed by atoms with E-state index in [1.54, 1.807) is 54.8 Å². The summed E-state index contributed by atoms with van der Waals surface area (Å²) in [6.07, 6.45) is 2.51. The Balaban J connectivity index is 1.57. The number of carbonyl (C=O) groups excluding carboxylic acids is 2. The molecule has 5 nitrogen and oxygen atoms in total.